The molecule has 0 aliphatic rings. The second kappa shape index (κ2) is 6.08. The van der Waals surface area contributed by atoms with Gasteiger partial charge in [0.2, 0.25) is 0 Å². The molecule has 3 nitrogen and oxygen atoms in total. The lowest BCUT2D eigenvalue weighted by atomic mass is 10.1. The second-order valence-corrected chi connectivity index (χ2v) is 5.08. The summed E-state index contributed by atoms with van der Waals surface area (Å²) < 4.78 is 11.9. The van der Waals surface area contributed by atoms with E-state index in [2.05, 4.69) is 15.9 Å². The van der Waals surface area contributed by atoms with Crippen molar-refractivity contribution in [1.29, 1.82) is 0 Å². The van der Waals surface area contributed by atoms with Crippen molar-refractivity contribution in [1.82, 2.24) is 0 Å². The molecule has 0 heterocycles. The van der Waals surface area contributed by atoms with Crippen LogP contribution in [0.5, 0.6) is 17.2 Å². The Morgan fingerprint density at radius 1 is 1.11 bits per heavy atom. The van der Waals surface area contributed by atoms with Crippen molar-refractivity contribution in [3.8, 4) is 17.2 Å². The standard InChI is InChI=1S/C15H16BrNO2/c1-10(17)12-5-3-4-6-14(12)19-15-8-7-11(18-2)9-13(15)16/h3-10H,17H2,1-2H3/t10-/m1/s1. The van der Waals surface area contributed by atoms with Gasteiger partial charge in [-0.2, -0.15) is 0 Å². The SMILES string of the molecule is COc1ccc(Oc2ccccc2[C@@H](C)N)c(Br)c1. The summed E-state index contributed by atoms with van der Waals surface area (Å²) in [6, 6.07) is 13.3. The van der Waals surface area contributed by atoms with E-state index in [0.717, 1.165) is 27.3 Å². The fraction of sp³-hybridized carbons (Fsp3) is 0.200. The molecular formula is C15H16BrNO2. The van der Waals surface area contributed by atoms with Crippen molar-refractivity contribution >= 4 is 15.9 Å². The molecule has 2 aromatic carbocycles. The Balaban J connectivity index is 2.31. The van der Waals surface area contributed by atoms with Gasteiger partial charge in [-0.25, -0.2) is 0 Å². The molecule has 0 spiro atoms. The van der Waals surface area contributed by atoms with Crippen LogP contribution in [0, 0.1) is 0 Å². The zero-order valence-electron chi connectivity index (χ0n) is 10.9. The van der Waals surface area contributed by atoms with E-state index < -0.39 is 0 Å². The second-order valence-electron chi connectivity index (χ2n) is 4.22. The third kappa shape index (κ3) is 3.28. The van der Waals surface area contributed by atoms with Gasteiger partial charge in [-0.3, -0.25) is 0 Å². The monoisotopic (exact) mass is 321 g/mol. The highest BCUT2D eigenvalue weighted by Crippen LogP contribution is 2.35. The van der Waals surface area contributed by atoms with Crippen LogP contribution in [0.15, 0.2) is 46.9 Å². The first-order valence-corrected chi connectivity index (χ1v) is 6.77. The molecule has 0 aliphatic heterocycles. The van der Waals surface area contributed by atoms with E-state index in [1.54, 1.807) is 7.11 Å². The van der Waals surface area contributed by atoms with Crippen molar-refractivity contribution in [2.24, 2.45) is 5.73 Å². The third-order valence-electron chi connectivity index (χ3n) is 2.77. The largest absolute Gasteiger partial charge is 0.497 e. The Labute approximate surface area is 121 Å². The van der Waals surface area contributed by atoms with Gasteiger partial charge in [-0.1, -0.05) is 18.2 Å². The van der Waals surface area contributed by atoms with E-state index in [0.29, 0.717) is 0 Å². The molecule has 100 valence electrons. The van der Waals surface area contributed by atoms with Crippen LogP contribution < -0.4 is 15.2 Å². The normalized spacial score (nSPS) is 12.0. The summed E-state index contributed by atoms with van der Waals surface area (Å²) in [5.74, 6) is 2.27. The molecule has 0 aromatic heterocycles. The fourth-order valence-electron chi connectivity index (χ4n) is 1.76. The minimum Gasteiger partial charge on any atom is -0.497 e. The van der Waals surface area contributed by atoms with Gasteiger partial charge >= 0.3 is 0 Å². The van der Waals surface area contributed by atoms with Crippen LogP contribution in [0.2, 0.25) is 0 Å². The Morgan fingerprint density at radius 2 is 1.84 bits per heavy atom. The van der Waals surface area contributed by atoms with Crippen LogP contribution in [0.25, 0.3) is 0 Å². The van der Waals surface area contributed by atoms with Crippen LogP contribution in [0.4, 0.5) is 0 Å². The number of nitrogens with two attached hydrogens (primary N) is 1. The predicted octanol–water partition coefficient (Wildman–Crippen LogP) is 4.27. The summed E-state index contributed by atoms with van der Waals surface area (Å²) in [6.07, 6.45) is 0. The first kappa shape index (κ1) is 13.9. The first-order valence-electron chi connectivity index (χ1n) is 5.97. The van der Waals surface area contributed by atoms with E-state index in [1.807, 2.05) is 49.4 Å². The van der Waals surface area contributed by atoms with E-state index in [-0.39, 0.29) is 6.04 Å². The molecular weight excluding hydrogens is 306 g/mol. The van der Waals surface area contributed by atoms with Gasteiger partial charge in [0, 0.05) is 11.6 Å². The van der Waals surface area contributed by atoms with Gasteiger partial charge in [0.05, 0.1) is 11.6 Å². The number of halogens is 1. The Morgan fingerprint density at radius 3 is 2.47 bits per heavy atom. The molecule has 2 N–H and O–H groups in total. The number of ether oxygens (including phenoxy) is 2. The van der Waals surface area contributed by atoms with Crippen LogP contribution in [0.1, 0.15) is 18.5 Å². The van der Waals surface area contributed by atoms with Gasteiger partial charge in [-0.15, -0.1) is 0 Å². The highest BCUT2D eigenvalue weighted by molar-refractivity contribution is 9.10. The summed E-state index contributed by atoms with van der Waals surface area (Å²) in [5, 5.41) is 0. The fourth-order valence-corrected chi connectivity index (χ4v) is 2.20. The summed E-state index contributed by atoms with van der Waals surface area (Å²) in [4.78, 5) is 0. The van der Waals surface area contributed by atoms with E-state index in [4.69, 9.17) is 15.2 Å². The highest BCUT2D eigenvalue weighted by atomic mass is 79.9. The molecule has 0 bridgehead atoms. The molecule has 1 atom stereocenters. The van der Waals surface area contributed by atoms with Gasteiger partial charge in [-0.05, 0) is 47.1 Å². The van der Waals surface area contributed by atoms with Gasteiger partial charge in [0.15, 0.2) is 0 Å². The molecule has 2 aromatic rings. The summed E-state index contributed by atoms with van der Waals surface area (Å²) >= 11 is 3.47. The van der Waals surface area contributed by atoms with Crippen molar-refractivity contribution in [3.05, 3.63) is 52.5 Å². The van der Waals surface area contributed by atoms with E-state index >= 15 is 0 Å². The van der Waals surface area contributed by atoms with Crippen LogP contribution >= 0.6 is 15.9 Å². The Kier molecular flexibility index (Phi) is 4.45. The van der Waals surface area contributed by atoms with Crippen LogP contribution in [-0.4, -0.2) is 7.11 Å². The lowest BCUT2D eigenvalue weighted by molar-refractivity contribution is 0.412. The van der Waals surface area contributed by atoms with Crippen molar-refractivity contribution < 1.29 is 9.47 Å². The predicted molar refractivity (Wildman–Crippen MR) is 79.8 cm³/mol. The number of methoxy groups -OCH3 is 1. The summed E-state index contributed by atoms with van der Waals surface area (Å²) in [7, 11) is 1.63. The molecule has 4 heteroatoms. The maximum atomic E-state index is 5.94. The third-order valence-corrected chi connectivity index (χ3v) is 3.39. The summed E-state index contributed by atoms with van der Waals surface area (Å²) in [5.41, 5.74) is 6.92. The number of hydrogen-bond donors (Lipinski definition) is 1. The molecule has 0 unspecified atom stereocenters. The smallest absolute Gasteiger partial charge is 0.141 e. The number of hydrogen-bond acceptors (Lipinski definition) is 3. The van der Waals surface area contributed by atoms with Crippen molar-refractivity contribution in [3.63, 3.8) is 0 Å². The van der Waals surface area contributed by atoms with Crippen molar-refractivity contribution in [2.45, 2.75) is 13.0 Å². The number of benzene rings is 2. The molecule has 0 fully saturated rings. The van der Waals surface area contributed by atoms with E-state index in [1.165, 1.54) is 0 Å². The highest BCUT2D eigenvalue weighted by Gasteiger charge is 2.10. The molecule has 0 saturated heterocycles. The van der Waals surface area contributed by atoms with Crippen molar-refractivity contribution in [2.75, 3.05) is 7.11 Å². The first-order chi connectivity index (χ1) is 9.11. The zero-order valence-corrected chi connectivity index (χ0v) is 12.5. The molecule has 0 radical (unpaired) electrons. The average molecular weight is 322 g/mol. The lowest BCUT2D eigenvalue weighted by Crippen LogP contribution is -2.06. The topological polar surface area (TPSA) is 44.5 Å². The molecule has 0 aliphatic carbocycles. The minimum absolute atomic E-state index is 0.0757. The Hall–Kier alpha value is -1.52. The lowest BCUT2D eigenvalue weighted by Gasteiger charge is -2.14. The average Bonchev–Trinajstić information content (AvgIpc) is 2.41. The zero-order chi connectivity index (χ0) is 13.8. The minimum atomic E-state index is -0.0757. The quantitative estimate of drug-likeness (QED) is 0.914. The van der Waals surface area contributed by atoms with Gasteiger partial charge < -0.3 is 15.2 Å². The molecule has 19 heavy (non-hydrogen) atoms. The van der Waals surface area contributed by atoms with Gasteiger partial charge in [0.25, 0.3) is 0 Å². The Bertz CT molecular complexity index is 570. The molecule has 0 amide bonds. The molecule has 0 saturated carbocycles. The van der Waals surface area contributed by atoms with Crippen LogP contribution in [-0.2, 0) is 0 Å². The van der Waals surface area contributed by atoms with Crippen LogP contribution in [0.3, 0.4) is 0 Å². The number of rotatable bonds is 4. The van der Waals surface area contributed by atoms with Gasteiger partial charge in [0.1, 0.15) is 17.2 Å². The van der Waals surface area contributed by atoms with E-state index in [9.17, 15) is 0 Å². The summed E-state index contributed by atoms with van der Waals surface area (Å²) in [6.45, 7) is 1.94. The maximum Gasteiger partial charge on any atom is 0.141 e. The number of para-hydroxylation sites is 1. The maximum absolute atomic E-state index is 5.94. The molecule has 2 rings (SSSR count).